The van der Waals surface area contributed by atoms with Crippen LogP contribution in [0.25, 0.3) is 0 Å². The fourth-order valence-corrected chi connectivity index (χ4v) is 1.59. The topological polar surface area (TPSA) is 22.1 Å². The SMILES string of the molecule is c1ccc(C2CCCOC2)nc1. The molecule has 2 heteroatoms. The standard InChI is InChI=1S/C10H13NO/c1-2-6-11-10(5-1)9-4-3-7-12-8-9/h1-2,5-6,9H,3-4,7-8H2. The van der Waals surface area contributed by atoms with Gasteiger partial charge in [-0.3, -0.25) is 4.98 Å². The van der Waals surface area contributed by atoms with Crippen LogP contribution in [0, 0.1) is 0 Å². The lowest BCUT2D eigenvalue weighted by molar-refractivity contribution is 0.0793. The molecule has 0 spiro atoms. The summed E-state index contributed by atoms with van der Waals surface area (Å²) in [5.74, 6) is 0.528. The van der Waals surface area contributed by atoms with E-state index in [1.807, 2.05) is 18.3 Å². The zero-order valence-corrected chi connectivity index (χ0v) is 7.07. The van der Waals surface area contributed by atoms with Gasteiger partial charge in [0, 0.05) is 24.4 Å². The Morgan fingerprint density at radius 3 is 3.08 bits per heavy atom. The van der Waals surface area contributed by atoms with Crippen LogP contribution in [0.3, 0.4) is 0 Å². The molecule has 1 unspecified atom stereocenters. The van der Waals surface area contributed by atoms with Gasteiger partial charge in [0.1, 0.15) is 0 Å². The van der Waals surface area contributed by atoms with Gasteiger partial charge in [-0.2, -0.15) is 0 Å². The predicted octanol–water partition coefficient (Wildman–Crippen LogP) is 1.98. The van der Waals surface area contributed by atoms with Gasteiger partial charge in [-0.05, 0) is 25.0 Å². The molecule has 1 aliphatic heterocycles. The molecule has 0 aliphatic carbocycles. The van der Waals surface area contributed by atoms with Gasteiger partial charge in [-0.15, -0.1) is 0 Å². The van der Waals surface area contributed by atoms with Crippen LogP contribution in [-0.4, -0.2) is 18.2 Å². The van der Waals surface area contributed by atoms with Gasteiger partial charge in [0.2, 0.25) is 0 Å². The van der Waals surface area contributed by atoms with Crippen molar-refractivity contribution in [1.82, 2.24) is 4.98 Å². The number of aromatic nitrogens is 1. The maximum atomic E-state index is 5.40. The van der Waals surface area contributed by atoms with Crippen molar-refractivity contribution in [3.63, 3.8) is 0 Å². The molecule has 2 rings (SSSR count). The van der Waals surface area contributed by atoms with Crippen molar-refractivity contribution < 1.29 is 4.74 Å². The van der Waals surface area contributed by atoms with Gasteiger partial charge in [0.15, 0.2) is 0 Å². The molecule has 1 fully saturated rings. The zero-order chi connectivity index (χ0) is 8.23. The first-order valence-electron chi connectivity index (χ1n) is 4.45. The third-order valence-electron chi connectivity index (χ3n) is 2.27. The number of ether oxygens (including phenoxy) is 1. The molecule has 0 saturated carbocycles. The second-order valence-electron chi connectivity index (χ2n) is 3.17. The van der Waals surface area contributed by atoms with E-state index in [-0.39, 0.29) is 0 Å². The summed E-state index contributed by atoms with van der Waals surface area (Å²) in [6.45, 7) is 1.76. The quantitative estimate of drug-likeness (QED) is 0.631. The summed E-state index contributed by atoms with van der Waals surface area (Å²) in [5, 5.41) is 0. The van der Waals surface area contributed by atoms with Crippen LogP contribution in [0.1, 0.15) is 24.5 Å². The molecule has 12 heavy (non-hydrogen) atoms. The highest BCUT2D eigenvalue weighted by molar-refractivity contribution is 5.09. The molecule has 1 aliphatic rings. The smallest absolute Gasteiger partial charge is 0.0549 e. The molecule has 0 radical (unpaired) electrons. The second-order valence-corrected chi connectivity index (χ2v) is 3.17. The Labute approximate surface area is 72.6 Å². The van der Waals surface area contributed by atoms with E-state index < -0.39 is 0 Å². The first-order valence-corrected chi connectivity index (χ1v) is 4.45. The minimum Gasteiger partial charge on any atom is -0.381 e. The Balaban J connectivity index is 2.08. The lowest BCUT2D eigenvalue weighted by atomic mass is 9.98. The van der Waals surface area contributed by atoms with Gasteiger partial charge < -0.3 is 4.74 Å². The largest absolute Gasteiger partial charge is 0.381 e. The van der Waals surface area contributed by atoms with E-state index in [2.05, 4.69) is 11.1 Å². The predicted molar refractivity (Wildman–Crippen MR) is 47.0 cm³/mol. The van der Waals surface area contributed by atoms with E-state index in [0.717, 1.165) is 13.2 Å². The van der Waals surface area contributed by atoms with E-state index >= 15 is 0 Å². The molecular formula is C10H13NO. The summed E-state index contributed by atoms with van der Waals surface area (Å²) >= 11 is 0. The molecule has 2 heterocycles. The lowest BCUT2D eigenvalue weighted by Crippen LogP contribution is -2.16. The third kappa shape index (κ3) is 1.64. The fourth-order valence-electron chi connectivity index (χ4n) is 1.59. The first kappa shape index (κ1) is 7.74. The van der Waals surface area contributed by atoms with Gasteiger partial charge in [0.25, 0.3) is 0 Å². The zero-order valence-electron chi connectivity index (χ0n) is 7.07. The lowest BCUT2D eigenvalue weighted by Gasteiger charge is -2.21. The van der Waals surface area contributed by atoms with Gasteiger partial charge >= 0.3 is 0 Å². The Bertz CT molecular complexity index is 229. The highest BCUT2D eigenvalue weighted by Crippen LogP contribution is 2.22. The molecule has 2 nitrogen and oxygen atoms in total. The monoisotopic (exact) mass is 163 g/mol. The Hall–Kier alpha value is -0.890. The average molecular weight is 163 g/mol. The molecule has 0 aromatic carbocycles. The van der Waals surface area contributed by atoms with Crippen molar-refractivity contribution in [2.75, 3.05) is 13.2 Å². The van der Waals surface area contributed by atoms with Crippen molar-refractivity contribution in [3.8, 4) is 0 Å². The summed E-state index contributed by atoms with van der Waals surface area (Å²) in [5.41, 5.74) is 1.18. The van der Waals surface area contributed by atoms with Crippen LogP contribution in [0.15, 0.2) is 24.4 Å². The molecule has 1 atom stereocenters. The summed E-state index contributed by atoms with van der Waals surface area (Å²) in [4.78, 5) is 4.32. The maximum absolute atomic E-state index is 5.40. The number of nitrogens with zero attached hydrogens (tertiary/aromatic N) is 1. The number of pyridine rings is 1. The maximum Gasteiger partial charge on any atom is 0.0549 e. The minimum atomic E-state index is 0.528. The average Bonchev–Trinajstić information content (AvgIpc) is 2.21. The van der Waals surface area contributed by atoms with Gasteiger partial charge in [-0.25, -0.2) is 0 Å². The molecule has 1 saturated heterocycles. The van der Waals surface area contributed by atoms with Gasteiger partial charge in [-0.1, -0.05) is 6.07 Å². The van der Waals surface area contributed by atoms with E-state index in [1.165, 1.54) is 18.5 Å². The van der Waals surface area contributed by atoms with Crippen molar-refractivity contribution in [3.05, 3.63) is 30.1 Å². The Kier molecular flexibility index (Phi) is 2.37. The molecule has 1 aromatic rings. The first-order chi connectivity index (χ1) is 5.97. The van der Waals surface area contributed by atoms with Crippen LogP contribution in [0.5, 0.6) is 0 Å². The van der Waals surface area contributed by atoms with Crippen molar-refractivity contribution >= 4 is 0 Å². The molecule has 0 amide bonds. The van der Waals surface area contributed by atoms with Crippen LogP contribution in [0.4, 0.5) is 0 Å². The molecule has 1 aromatic heterocycles. The Morgan fingerprint density at radius 1 is 1.42 bits per heavy atom. The van der Waals surface area contributed by atoms with Crippen LogP contribution in [0.2, 0.25) is 0 Å². The van der Waals surface area contributed by atoms with E-state index in [0.29, 0.717) is 5.92 Å². The van der Waals surface area contributed by atoms with E-state index in [9.17, 15) is 0 Å². The molecular weight excluding hydrogens is 150 g/mol. The molecule has 0 N–H and O–H groups in total. The van der Waals surface area contributed by atoms with Crippen LogP contribution >= 0.6 is 0 Å². The highest BCUT2D eigenvalue weighted by Gasteiger charge is 2.16. The molecule has 64 valence electrons. The van der Waals surface area contributed by atoms with Gasteiger partial charge in [0.05, 0.1) is 6.61 Å². The van der Waals surface area contributed by atoms with Crippen LogP contribution in [-0.2, 0) is 4.74 Å². The molecule has 0 bridgehead atoms. The Morgan fingerprint density at radius 2 is 2.42 bits per heavy atom. The van der Waals surface area contributed by atoms with E-state index in [1.54, 1.807) is 0 Å². The number of hydrogen-bond acceptors (Lipinski definition) is 2. The van der Waals surface area contributed by atoms with Crippen molar-refractivity contribution in [2.45, 2.75) is 18.8 Å². The normalized spacial score (nSPS) is 23.8. The van der Waals surface area contributed by atoms with E-state index in [4.69, 9.17) is 4.74 Å². The number of hydrogen-bond donors (Lipinski definition) is 0. The van der Waals surface area contributed by atoms with Crippen LogP contribution < -0.4 is 0 Å². The fraction of sp³-hybridized carbons (Fsp3) is 0.500. The highest BCUT2D eigenvalue weighted by atomic mass is 16.5. The van der Waals surface area contributed by atoms with Crippen molar-refractivity contribution in [1.29, 1.82) is 0 Å². The minimum absolute atomic E-state index is 0.528. The van der Waals surface area contributed by atoms with Crippen molar-refractivity contribution in [2.24, 2.45) is 0 Å². The number of rotatable bonds is 1. The summed E-state index contributed by atoms with van der Waals surface area (Å²) in [7, 11) is 0. The third-order valence-corrected chi connectivity index (χ3v) is 2.27. The summed E-state index contributed by atoms with van der Waals surface area (Å²) < 4.78 is 5.40. The summed E-state index contributed by atoms with van der Waals surface area (Å²) in [6, 6.07) is 6.07. The summed E-state index contributed by atoms with van der Waals surface area (Å²) in [6.07, 6.45) is 4.24. The second kappa shape index (κ2) is 3.68.